The van der Waals surface area contributed by atoms with Gasteiger partial charge in [-0.05, 0) is 56.2 Å². The Balaban J connectivity index is 1.65. The van der Waals surface area contributed by atoms with E-state index in [1.54, 1.807) is 12.1 Å². The van der Waals surface area contributed by atoms with E-state index in [1.165, 1.54) is 16.2 Å². The van der Waals surface area contributed by atoms with Crippen molar-refractivity contribution in [1.82, 2.24) is 19.1 Å². The zero-order chi connectivity index (χ0) is 23.7. The van der Waals surface area contributed by atoms with Crippen molar-refractivity contribution in [2.75, 3.05) is 6.61 Å². The summed E-state index contributed by atoms with van der Waals surface area (Å²) in [6, 6.07) is 13.1. The fourth-order valence-corrected chi connectivity index (χ4v) is 3.43. The lowest BCUT2D eigenvalue weighted by Crippen LogP contribution is -2.30. The van der Waals surface area contributed by atoms with Crippen LogP contribution in [0.1, 0.15) is 16.7 Å². The number of aromatic amines is 1. The lowest BCUT2D eigenvalue weighted by molar-refractivity contribution is 0.0915. The van der Waals surface area contributed by atoms with Crippen molar-refractivity contribution in [1.29, 1.82) is 0 Å². The molecule has 0 aliphatic heterocycles. The summed E-state index contributed by atoms with van der Waals surface area (Å²) in [6.45, 7) is 5.93. The highest BCUT2D eigenvalue weighted by molar-refractivity contribution is 5.71. The molecule has 0 radical (unpaired) electrons. The summed E-state index contributed by atoms with van der Waals surface area (Å²) < 4.78 is 14.4. The number of imidazole rings is 1. The van der Waals surface area contributed by atoms with E-state index >= 15 is 0 Å². The van der Waals surface area contributed by atoms with E-state index in [1.807, 2.05) is 51.1 Å². The molecule has 9 nitrogen and oxygen atoms in total. The number of H-pyrrole nitrogens is 1. The van der Waals surface area contributed by atoms with Crippen LogP contribution in [0.5, 0.6) is 17.5 Å². The number of rotatable bonds is 7. The van der Waals surface area contributed by atoms with Gasteiger partial charge in [0.25, 0.3) is 5.56 Å². The molecule has 2 heterocycles. The second-order valence-corrected chi connectivity index (χ2v) is 8.12. The minimum Gasteiger partial charge on any atom is -0.491 e. The predicted molar refractivity (Wildman–Crippen MR) is 124 cm³/mol. The number of hydrogen-bond donors (Lipinski definition) is 2. The summed E-state index contributed by atoms with van der Waals surface area (Å²) in [5.74, 6) is 1.16. The Kier molecular flexibility index (Phi) is 6.06. The van der Waals surface area contributed by atoms with Gasteiger partial charge in [0.05, 0.1) is 6.54 Å². The molecule has 1 atom stereocenters. The molecule has 172 valence electrons. The second-order valence-electron chi connectivity index (χ2n) is 8.12. The van der Waals surface area contributed by atoms with Crippen LogP contribution in [-0.2, 0) is 13.6 Å². The average molecular weight is 450 g/mol. The highest BCUT2D eigenvalue weighted by Gasteiger charge is 2.21. The van der Waals surface area contributed by atoms with Crippen molar-refractivity contribution in [3.05, 3.63) is 80.0 Å². The highest BCUT2D eigenvalue weighted by atomic mass is 16.5. The zero-order valence-corrected chi connectivity index (χ0v) is 19.0. The third-order valence-corrected chi connectivity index (χ3v) is 5.52. The monoisotopic (exact) mass is 450 g/mol. The number of aromatic nitrogens is 4. The first-order chi connectivity index (χ1) is 15.7. The van der Waals surface area contributed by atoms with Gasteiger partial charge in [0.2, 0.25) is 0 Å². The molecule has 0 bridgehead atoms. The molecule has 0 amide bonds. The lowest BCUT2D eigenvalue weighted by Gasteiger charge is -2.16. The van der Waals surface area contributed by atoms with E-state index in [9.17, 15) is 14.7 Å². The van der Waals surface area contributed by atoms with Crippen LogP contribution in [0.3, 0.4) is 0 Å². The summed E-state index contributed by atoms with van der Waals surface area (Å²) in [4.78, 5) is 31.3. The van der Waals surface area contributed by atoms with Crippen LogP contribution < -0.4 is 20.7 Å². The number of ether oxygens (including phenoxy) is 2. The average Bonchev–Trinajstić information content (AvgIpc) is 3.13. The smallest absolute Gasteiger partial charge is 0.329 e. The first kappa shape index (κ1) is 22.3. The predicted octanol–water partition coefficient (Wildman–Crippen LogP) is 2.58. The van der Waals surface area contributed by atoms with Crippen molar-refractivity contribution in [2.45, 2.75) is 33.4 Å². The van der Waals surface area contributed by atoms with Gasteiger partial charge in [0.1, 0.15) is 24.2 Å². The number of hydrogen-bond acceptors (Lipinski definition) is 6. The third-order valence-electron chi connectivity index (χ3n) is 5.52. The van der Waals surface area contributed by atoms with Gasteiger partial charge in [-0.3, -0.25) is 18.9 Å². The maximum absolute atomic E-state index is 12.6. The maximum Gasteiger partial charge on any atom is 0.329 e. The normalized spacial score (nSPS) is 12.2. The van der Waals surface area contributed by atoms with Crippen molar-refractivity contribution in [3.63, 3.8) is 0 Å². The van der Waals surface area contributed by atoms with Crippen LogP contribution in [0.25, 0.3) is 11.2 Å². The molecule has 0 spiro atoms. The molecule has 0 unspecified atom stereocenters. The zero-order valence-electron chi connectivity index (χ0n) is 19.0. The van der Waals surface area contributed by atoms with Crippen molar-refractivity contribution in [2.24, 2.45) is 7.05 Å². The Morgan fingerprint density at radius 2 is 1.73 bits per heavy atom. The van der Waals surface area contributed by atoms with Gasteiger partial charge in [-0.1, -0.05) is 23.8 Å². The quantitative estimate of drug-likeness (QED) is 0.448. The van der Waals surface area contributed by atoms with Crippen molar-refractivity contribution < 1.29 is 14.6 Å². The Morgan fingerprint density at radius 3 is 2.42 bits per heavy atom. The van der Waals surface area contributed by atoms with Crippen LogP contribution in [0.2, 0.25) is 0 Å². The van der Waals surface area contributed by atoms with Crippen LogP contribution >= 0.6 is 0 Å². The summed E-state index contributed by atoms with van der Waals surface area (Å²) in [6.07, 6.45) is -0.971. The van der Waals surface area contributed by atoms with Gasteiger partial charge in [0, 0.05) is 7.05 Å². The second kappa shape index (κ2) is 8.95. The molecule has 2 aromatic carbocycles. The van der Waals surface area contributed by atoms with Gasteiger partial charge in [-0.2, -0.15) is 4.98 Å². The van der Waals surface area contributed by atoms with E-state index in [0.717, 1.165) is 16.7 Å². The maximum atomic E-state index is 12.6. The largest absolute Gasteiger partial charge is 0.491 e. The molecular weight excluding hydrogens is 424 g/mol. The molecule has 0 saturated carbocycles. The fraction of sp³-hybridized carbons (Fsp3) is 0.292. The molecule has 0 fully saturated rings. The van der Waals surface area contributed by atoms with E-state index < -0.39 is 17.4 Å². The molecule has 4 rings (SSSR count). The topological polar surface area (TPSA) is 111 Å². The Labute approximate surface area is 189 Å². The van der Waals surface area contributed by atoms with Crippen molar-refractivity contribution in [3.8, 4) is 17.5 Å². The molecule has 0 aliphatic carbocycles. The molecule has 2 N–H and O–H groups in total. The molecular formula is C24H26N4O5. The number of fused-ring (bicyclic) bond motifs is 1. The highest BCUT2D eigenvalue weighted by Crippen LogP contribution is 2.25. The minimum atomic E-state index is -0.971. The van der Waals surface area contributed by atoms with Gasteiger partial charge < -0.3 is 14.6 Å². The number of nitrogens with one attached hydrogen (secondary N) is 1. The molecule has 0 aliphatic rings. The van der Waals surface area contributed by atoms with E-state index in [4.69, 9.17) is 9.47 Å². The van der Waals surface area contributed by atoms with Crippen LogP contribution in [-0.4, -0.2) is 36.9 Å². The lowest BCUT2D eigenvalue weighted by atomic mass is 10.1. The van der Waals surface area contributed by atoms with Gasteiger partial charge in [0.15, 0.2) is 11.2 Å². The molecule has 2 aromatic heterocycles. The molecule has 9 heteroatoms. The van der Waals surface area contributed by atoms with E-state index in [0.29, 0.717) is 11.5 Å². The summed E-state index contributed by atoms with van der Waals surface area (Å²) in [5, 5.41) is 10.7. The summed E-state index contributed by atoms with van der Waals surface area (Å²) >= 11 is 0. The van der Waals surface area contributed by atoms with E-state index in [-0.39, 0.29) is 30.3 Å². The van der Waals surface area contributed by atoms with E-state index in [2.05, 4.69) is 9.97 Å². The molecule has 4 aromatic rings. The third kappa shape index (κ3) is 4.68. The van der Waals surface area contributed by atoms with Crippen LogP contribution in [0.15, 0.2) is 52.1 Å². The first-order valence-corrected chi connectivity index (χ1v) is 10.5. The SMILES string of the molecule is Cc1ccc(Oc2nc3c(c(=O)[nH]c(=O)n3C)n2C[C@@H](O)COc2ccc(C)c(C)c2)cc1. The number of benzene rings is 2. The molecule has 0 saturated heterocycles. The summed E-state index contributed by atoms with van der Waals surface area (Å²) in [5.41, 5.74) is 2.39. The summed E-state index contributed by atoms with van der Waals surface area (Å²) in [7, 11) is 1.51. The Hall–Kier alpha value is -3.85. The van der Waals surface area contributed by atoms with Crippen LogP contribution in [0, 0.1) is 20.8 Å². The van der Waals surface area contributed by atoms with Gasteiger partial charge >= 0.3 is 11.7 Å². The first-order valence-electron chi connectivity index (χ1n) is 10.5. The van der Waals surface area contributed by atoms with Crippen LogP contribution in [0.4, 0.5) is 0 Å². The number of aliphatic hydroxyl groups is 1. The fourth-order valence-electron chi connectivity index (χ4n) is 3.43. The Morgan fingerprint density at radius 1 is 1.03 bits per heavy atom. The van der Waals surface area contributed by atoms with Crippen molar-refractivity contribution >= 4 is 11.2 Å². The standard InChI is InChI=1S/C24H26N4O5/c1-14-5-8-18(9-6-14)33-24-25-21-20(22(30)26-23(31)27(21)4)28(24)12-17(29)13-32-19-10-7-15(2)16(3)11-19/h5-11,17,29H,12-13H2,1-4H3,(H,26,30,31)/t17-/m1/s1. The molecule has 33 heavy (non-hydrogen) atoms. The van der Waals surface area contributed by atoms with Gasteiger partial charge in [-0.25, -0.2) is 4.79 Å². The minimum absolute atomic E-state index is 0.00415. The number of aryl methyl sites for hydroxylation is 4. The number of nitrogens with zero attached hydrogens (tertiary/aromatic N) is 3. The number of aliphatic hydroxyl groups excluding tert-OH is 1. The Bertz CT molecular complexity index is 1420. The van der Waals surface area contributed by atoms with Gasteiger partial charge in [-0.15, -0.1) is 0 Å².